The van der Waals surface area contributed by atoms with Gasteiger partial charge in [-0.1, -0.05) is 0 Å². The van der Waals surface area contributed by atoms with Gasteiger partial charge in [0.25, 0.3) is 0 Å². The highest BCUT2D eigenvalue weighted by Crippen LogP contribution is 2.30. The molecule has 3 heterocycles. The zero-order valence-electron chi connectivity index (χ0n) is 9.51. The van der Waals surface area contributed by atoms with Gasteiger partial charge < -0.3 is 4.57 Å². The molecule has 0 fully saturated rings. The Morgan fingerprint density at radius 1 is 1.44 bits per heavy atom. The maximum Gasteiger partial charge on any atom is 0.331 e. The lowest BCUT2D eigenvalue weighted by Gasteiger charge is -2.32. The number of amides is 2. The predicted octanol–water partition coefficient (Wildman–Crippen LogP) is 0.441. The molecule has 3 rings (SSSR count). The molecule has 0 radical (unpaired) electrons. The first kappa shape index (κ1) is 9.38. The van der Waals surface area contributed by atoms with Gasteiger partial charge in [0, 0.05) is 14.1 Å². The lowest BCUT2D eigenvalue weighted by molar-refractivity contribution is 0.221. The molecule has 2 amide bonds. The van der Waals surface area contributed by atoms with E-state index < -0.39 is 0 Å². The Labute approximate surface area is 93.2 Å². The number of hydrogen-bond acceptors (Lipinski definition) is 3. The van der Waals surface area contributed by atoms with Crippen molar-refractivity contribution in [3.05, 3.63) is 12.0 Å². The summed E-state index contributed by atoms with van der Waals surface area (Å²) in [6, 6.07) is 0.0861. The Morgan fingerprint density at radius 3 is 2.94 bits per heavy atom. The fraction of sp³-hybridized carbons (Fsp3) is 0.500. The number of hydrogen-bond donors (Lipinski definition) is 0. The van der Waals surface area contributed by atoms with Gasteiger partial charge in [-0.25, -0.2) is 9.78 Å². The van der Waals surface area contributed by atoms with E-state index in [1.165, 1.54) is 0 Å². The first-order valence-electron chi connectivity index (χ1n) is 5.24. The second-order valence-corrected chi connectivity index (χ2v) is 4.25. The highest BCUT2D eigenvalue weighted by Gasteiger charge is 2.41. The number of nitrogens with zero attached hydrogens (tertiary/aromatic N) is 5. The highest BCUT2D eigenvalue weighted by atomic mass is 16.2. The summed E-state index contributed by atoms with van der Waals surface area (Å²) in [5.74, 6) is 1.45. The van der Waals surface area contributed by atoms with Crippen molar-refractivity contribution in [3.8, 4) is 0 Å². The van der Waals surface area contributed by atoms with Crippen molar-refractivity contribution in [2.45, 2.75) is 13.0 Å². The van der Waals surface area contributed by atoms with Crippen LogP contribution >= 0.6 is 0 Å². The van der Waals surface area contributed by atoms with Crippen LogP contribution in [0, 0.1) is 0 Å². The number of aromatic nitrogens is 2. The summed E-state index contributed by atoms with van der Waals surface area (Å²) in [6.07, 6.45) is 1.71. The number of anilines is 1. The maximum absolute atomic E-state index is 12.1. The van der Waals surface area contributed by atoms with Crippen molar-refractivity contribution in [1.82, 2.24) is 14.5 Å². The van der Waals surface area contributed by atoms with E-state index in [9.17, 15) is 4.79 Å². The number of aryl methyl sites for hydroxylation is 1. The summed E-state index contributed by atoms with van der Waals surface area (Å²) in [5.41, 5.74) is 0.923. The molecule has 0 saturated heterocycles. The van der Waals surface area contributed by atoms with Gasteiger partial charge in [0.05, 0.1) is 18.9 Å². The van der Waals surface area contributed by atoms with Crippen LogP contribution < -0.4 is 4.90 Å². The summed E-state index contributed by atoms with van der Waals surface area (Å²) in [6.45, 7) is 2.67. The molecule has 1 aromatic heterocycles. The predicted molar refractivity (Wildman–Crippen MR) is 59.7 cm³/mol. The molecule has 1 aromatic rings. The van der Waals surface area contributed by atoms with Crippen LogP contribution in [-0.2, 0) is 7.05 Å². The molecule has 0 N–H and O–H groups in total. The van der Waals surface area contributed by atoms with Crippen LogP contribution in [-0.4, -0.2) is 46.0 Å². The topological polar surface area (TPSA) is 53.7 Å². The molecule has 0 aliphatic carbocycles. The molecule has 16 heavy (non-hydrogen) atoms. The van der Waals surface area contributed by atoms with Crippen LogP contribution in [0.1, 0.15) is 12.6 Å². The molecule has 6 nitrogen and oxygen atoms in total. The molecule has 6 heteroatoms. The number of carbonyl (C=O) groups is 1. The smallest absolute Gasteiger partial charge is 0.329 e. The third-order valence-electron chi connectivity index (χ3n) is 3.11. The van der Waals surface area contributed by atoms with Gasteiger partial charge >= 0.3 is 6.03 Å². The number of aliphatic imine (C=N–C) groups is 1. The van der Waals surface area contributed by atoms with Crippen LogP contribution in [0.2, 0.25) is 0 Å². The standard InChI is InChI=1S/C10H13N5O/c1-6-4-11-9-7-8(12-5-13(7)2)14(3)10(16)15(6)9/h5-6H,4H2,1-3H3/t6-/m0/s1. The number of urea groups is 1. The average molecular weight is 219 g/mol. The van der Waals surface area contributed by atoms with Crippen LogP contribution in [0.4, 0.5) is 10.6 Å². The summed E-state index contributed by atoms with van der Waals surface area (Å²) in [5, 5.41) is 0. The van der Waals surface area contributed by atoms with E-state index in [1.54, 1.807) is 23.2 Å². The van der Waals surface area contributed by atoms with Crippen molar-refractivity contribution >= 4 is 17.7 Å². The summed E-state index contributed by atoms with van der Waals surface area (Å²) >= 11 is 0. The largest absolute Gasteiger partial charge is 0.331 e. The highest BCUT2D eigenvalue weighted by molar-refractivity contribution is 6.18. The number of fused-ring (bicyclic) bond motifs is 3. The monoisotopic (exact) mass is 219 g/mol. The number of rotatable bonds is 0. The molecule has 1 atom stereocenters. The summed E-state index contributed by atoms with van der Waals surface area (Å²) < 4.78 is 1.90. The fourth-order valence-corrected chi connectivity index (χ4v) is 2.23. The molecule has 0 saturated carbocycles. The normalized spacial score (nSPS) is 23.3. The van der Waals surface area contributed by atoms with E-state index in [-0.39, 0.29) is 12.1 Å². The van der Waals surface area contributed by atoms with E-state index >= 15 is 0 Å². The average Bonchev–Trinajstić information content (AvgIpc) is 2.79. The van der Waals surface area contributed by atoms with Gasteiger partial charge in [0.15, 0.2) is 11.7 Å². The number of carbonyl (C=O) groups excluding carboxylic acids is 1. The molecule has 0 unspecified atom stereocenters. The Morgan fingerprint density at radius 2 is 2.19 bits per heavy atom. The van der Waals surface area contributed by atoms with Crippen molar-refractivity contribution in [2.75, 3.05) is 18.5 Å². The molecule has 84 valence electrons. The van der Waals surface area contributed by atoms with Crippen molar-refractivity contribution in [1.29, 1.82) is 0 Å². The maximum atomic E-state index is 12.1. The van der Waals surface area contributed by atoms with E-state index in [2.05, 4.69) is 9.98 Å². The van der Waals surface area contributed by atoms with Gasteiger partial charge in [0.1, 0.15) is 5.69 Å². The molecular weight excluding hydrogens is 206 g/mol. The zero-order chi connectivity index (χ0) is 11.4. The van der Waals surface area contributed by atoms with Crippen LogP contribution in [0.5, 0.6) is 0 Å². The lowest BCUT2D eigenvalue weighted by atomic mass is 10.2. The first-order valence-corrected chi connectivity index (χ1v) is 5.24. The van der Waals surface area contributed by atoms with Crippen LogP contribution in [0.15, 0.2) is 11.3 Å². The molecule has 2 aliphatic rings. The van der Waals surface area contributed by atoms with Gasteiger partial charge in [-0.2, -0.15) is 0 Å². The van der Waals surface area contributed by atoms with E-state index in [1.807, 2.05) is 18.5 Å². The summed E-state index contributed by atoms with van der Waals surface area (Å²) in [7, 11) is 3.66. The third-order valence-corrected chi connectivity index (χ3v) is 3.11. The number of imidazole rings is 1. The number of amidine groups is 1. The van der Waals surface area contributed by atoms with Gasteiger partial charge in [0.2, 0.25) is 0 Å². The quantitative estimate of drug-likeness (QED) is 0.635. The van der Waals surface area contributed by atoms with Gasteiger partial charge in [-0.05, 0) is 6.92 Å². The second kappa shape index (κ2) is 2.84. The minimum atomic E-state index is -0.0463. The van der Waals surface area contributed by atoms with E-state index in [4.69, 9.17) is 0 Å². The van der Waals surface area contributed by atoms with Crippen LogP contribution in [0.3, 0.4) is 0 Å². The van der Waals surface area contributed by atoms with Crippen molar-refractivity contribution in [2.24, 2.45) is 12.0 Å². The molecule has 0 aromatic carbocycles. The molecule has 0 spiro atoms. The molecule has 0 bridgehead atoms. The Kier molecular flexibility index (Phi) is 1.66. The summed E-state index contributed by atoms with van der Waals surface area (Å²) in [4.78, 5) is 24.1. The fourth-order valence-electron chi connectivity index (χ4n) is 2.23. The van der Waals surface area contributed by atoms with Crippen molar-refractivity contribution in [3.63, 3.8) is 0 Å². The third kappa shape index (κ3) is 0.937. The van der Waals surface area contributed by atoms with Crippen molar-refractivity contribution < 1.29 is 4.79 Å². The Balaban J connectivity index is 2.23. The lowest BCUT2D eigenvalue weighted by Crippen LogP contribution is -2.51. The van der Waals surface area contributed by atoms with Gasteiger partial charge in [-0.15, -0.1) is 0 Å². The van der Waals surface area contributed by atoms with Crippen LogP contribution in [0.25, 0.3) is 0 Å². The molecule has 2 aliphatic heterocycles. The first-order chi connectivity index (χ1) is 7.61. The zero-order valence-corrected chi connectivity index (χ0v) is 9.51. The minimum Gasteiger partial charge on any atom is -0.329 e. The van der Waals surface area contributed by atoms with E-state index in [0.717, 1.165) is 11.5 Å². The van der Waals surface area contributed by atoms with Gasteiger partial charge in [-0.3, -0.25) is 14.8 Å². The minimum absolute atomic E-state index is 0.0463. The SMILES string of the molecule is C[C@H]1CN=C2c3c(ncn3C)N(C)C(=O)N21. The Hall–Kier alpha value is -1.85. The second-order valence-electron chi connectivity index (χ2n) is 4.25. The molecular formula is C10H13N5O. The van der Waals surface area contributed by atoms with E-state index in [0.29, 0.717) is 12.4 Å². The Bertz CT molecular complexity index is 503.